The Kier molecular flexibility index (Phi) is 2.68. The van der Waals surface area contributed by atoms with Gasteiger partial charge in [0.1, 0.15) is 0 Å². The van der Waals surface area contributed by atoms with Crippen molar-refractivity contribution in [3.63, 3.8) is 0 Å². The lowest BCUT2D eigenvalue weighted by atomic mass is 10.0. The van der Waals surface area contributed by atoms with E-state index in [0.717, 1.165) is 30.2 Å². The van der Waals surface area contributed by atoms with Crippen LogP contribution < -0.4 is 10.1 Å². The average Bonchev–Trinajstić information content (AvgIpc) is 2.83. The van der Waals surface area contributed by atoms with Crippen molar-refractivity contribution in [3.05, 3.63) is 24.2 Å². The Morgan fingerprint density at radius 2 is 2.35 bits per heavy atom. The van der Waals surface area contributed by atoms with E-state index in [2.05, 4.69) is 15.5 Å². The largest absolute Gasteiger partial charge is 0.493 e. The van der Waals surface area contributed by atoms with Crippen LogP contribution in [0.3, 0.4) is 0 Å². The number of hydrogen-bond donors (Lipinski definition) is 1. The number of hydrogen-bond acceptors (Lipinski definition) is 4. The van der Waals surface area contributed by atoms with Crippen LogP contribution in [0.4, 0.5) is 0 Å². The molecule has 1 aliphatic heterocycles. The molecule has 0 spiro atoms. The lowest BCUT2D eigenvalue weighted by Gasteiger charge is -2.21. The second kappa shape index (κ2) is 4.33. The number of nitrogens with zero attached hydrogens (tertiary/aromatic N) is 3. The van der Waals surface area contributed by atoms with Crippen LogP contribution in [0.25, 0.3) is 5.65 Å². The Labute approximate surface area is 99.8 Å². The first-order valence-electron chi connectivity index (χ1n) is 6.01. The number of pyridine rings is 1. The molecule has 1 unspecified atom stereocenters. The molecule has 2 aromatic heterocycles. The van der Waals surface area contributed by atoms with Crippen LogP contribution in [0, 0.1) is 0 Å². The summed E-state index contributed by atoms with van der Waals surface area (Å²) in [6.07, 6.45) is 5.61. The van der Waals surface area contributed by atoms with Gasteiger partial charge in [0, 0.05) is 6.20 Å². The van der Waals surface area contributed by atoms with Crippen molar-refractivity contribution in [2.24, 2.45) is 0 Å². The molecule has 2 aromatic rings. The predicted molar refractivity (Wildman–Crippen MR) is 64.1 cm³/mol. The van der Waals surface area contributed by atoms with Crippen molar-refractivity contribution in [3.8, 4) is 5.75 Å². The van der Waals surface area contributed by atoms with Crippen LogP contribution >= 0.6 is 0 Å². The standard InChI is InChI=1S/C12H16N4O/c1-17-10-6-4-8-16-11(14-15-12(10)16)9-5-2-3-7-13-9/h4,6,8-9,13H,2-3,5,7H2,1H3. The topological polar surface area (TPSA) is 51.5 Å². The highest BCUT2D eigenvalue weighted by Crippen LogP contribution is 2.24. The van der Waals surface area contributed by atoms with Crippen molar-refractivity contribution in [2.75, 3.05) is 13.7 Å². The number of aromatic nitrogens is 3. The summed E-state index contributed by atoms with van der Waals surface area (Å²) in [7, 11) is 1.66. The van der Waals surface area contributed by atoms with Gasteiger partial charge in [-0.3, -0.25) is 4.40 Å². The maximum atomic E-state index is 5.28. The molecular formula is C12H16N4O. The van der Waals surface area contributed by atoms with E-state index >= 15 is 0 Å². The fourth-order valence-electron chi connectivity index (χ4n) is 2.38. The van der Waals surface area contributed by atoms with E-state index in [1.54, 1.807) is 7.11 Å². The average molecular weight is 232 g/mol. The minimum atomic E-state index is 0.311. The Morgan fingerprint density at radius 1 is 1.41 bits per heavy atom. The first-order chi connectivity index (χ1) is 8.40. The third-order valence-corrected chi connectivity index (χ3v) is 3.27. The lowest BCUT2D eigenvalue weighted by molar-refractivity contribution is 0.394. The highest BCUT2D eigenvalue weighted by Gasteiger charge is 2.20. The first-order valence-corrected chi connectivity index (χ1v) is 6.01. The Morgan fingerprint density at radius 3 is 3.12 bits per heavy atom. The second-order valence-electron chi connectivity index (χ2n) is 4.33. The van der Waals surface area contributed by atoms with Crippen LogP contribution in [0.1, 0.15) is 31.1 Å². The van der Waals surface area contributed by atoms with E-state index in [4.69, 9.17) is 4.74 Å². The zero-order valence-electron chi connectivity index (χ0n) is 9.89. The molecule has 0 amide bonds. The van der Waals surface area contributed by atoms with Gasteiger partial charge in [0.15, 0.2) is 11.6 Å². The van der Waals surface area contributed by atoms with Crippen molar-refractivity contribution in [1.82, 2.24) is 19.9 Å². The fraction of sp³-hybridized carbons (Fsp3) is 0.500. The first kappa shape index (κ1) is 10.5. The van der Waals surface area contributed by atoms with E-state index in [9.17, 15) is 0 Å². The molecule has 5 heteroatoms. The Balaban J connectivity index is 2.05. The van der Waals surface area contributed by atoms with E-state index in [1.807, 2.05) is 22.7 Å². The molecule has 5 nitrogen and oxygen atoms in total. The molecule has 90 valence electrons. The zero-order chi connectivity index (χ0) is 11.7. The van der Waals surface area contributed by atoms with Crippen molar-refractivity contribution in [2.45, 2.75) is 25.3 Å². The summed E-state index contributed by atoms with van der Waals surface area (Å²) < 4.78 is 7.30. The van der Waals surface area contributed by atoms with Gasteiger partial charge in [0.2, 0.25) is 5.65 Å². The molecule has 1 saturated heterocycles. The second-order valence-corrected chi connectivity index (χ2v) is 4.33. The number of piperidine rings is 1. The summed E-state index contributed by atoms with van der Waals surface area (Å²) in [5.74, 6) is 1.75. The molecule has 0 saturated carbocycles. The minimum Gasteiger partial charge on any atom is -0.493 e. The molecule has 1 aliphatic rings. The molecular weight excluding hydrogens is 216 g/mol. The highest BCUT2D eigenvalue weighted by atomic mass is 16.5. The molecule has 17 heavy (non-hydrogen) atoms. The van der Waals surface area contributed by atoms with Crippen LogP contribution in [0.2, 0.25) is 0 Å². The van der Waals surface area contributed by atoms with E-state index in [1.165, 1.54) is 12.8 Å². The SMILES string of the molecule is COc1cccn2c(C3CCCCN3)nnc12. The van der Waals surface area contributed by atoms with Gasteiger partial charge >= 0.3 is 0 Å². The molecule has 1 fully saturated rings. The van der Waals surface area contributed by atoms with Gasteiger partial charge in [-0.25, -0.2) is 0 Å². The van der Waals surface area contributed by atoms with Gasteiger partial charge in [-0.15, -0.1) is 10.2 Å². The summed E-state index contributed by atoms with van der Waals surface area (Å²) in [5.41, 5.74) is 0.789. The van der Waals surface area contributed by atoms with Gasteiger partial charge < -0.3 is 10.1 Å². The smallest absolute Gasteiger partial charge is 0.203 e. The molecule has 0 aliphatic carbocycles. The summed E-state index contributed by atoms with van der Waals surface area (Å²) >= 11 is 0. The Bertz CT molecular complexity index is 516. The maximum absolute atomic E-state index is 5.28. The normalized spacial score (nSPS) is 20.6. The number of methoxy groups -OCH3 is 1. The van der Waals surface area contributed by atoms with Crippen LogP contribution in [0.5, 0.6) is 5.75 Å². The van der Waals surface area contributed by atoms with Crippen molar-refractivity contribution < 1.29 is 4.74 Å². The monoisotopic (exact) mass is 232 g/mol. The summed E-state index contributed by atoms with van der Waals surface area (Å²) in [5, 5.41) is 12.0. The molecule has 1 atom stereocenters. The molecule has 3 rings (SSSR count). The third-order valence-electron chi connectivity index (χ3n) is 3.27. The van der Waals surface area contributed by atoms with E-state index < -0.39 is 0 Å². The molecule has 1 N–H and O–H groups in total. The summed E-state index contributed by atoms with van der Waals surface area (Å²) in [6, 6.07) is 4.18. The molecule has 0 radical (unpaired) electrons. The van der Waals surface area contributed by atoms with Gasteiger partial charge in [-0.05, 0) is 31.5 Å². The quantitative estimate of drug-likeness (QED) is 0.853. The predicted octanol–water partition coefficient (Wildman–Crippen LogP) is 1.55. The van der Waals surface area contributed by atoms with Gasteiger partial charge in [-0.2, -0.15) is 0 Å². The maximum Gasteiger partial charge on any atom is 0.203 e. The van der Waals surface area contributed by atoms with E-state index in [-0.39, 0.29) is 0 Å². The molecule has 0 bridgehead atoms. The Hall–Kier alpha value is -1.62. The molecule has 3 heterocycles. The number of nitrogens with one attached hydrogen (secondary N) is 1. The van der Waals surface area contributed by atoms with Crippen LogP contribution in [-0.4, -0.2) is 28.3 Å². The number of fused-ring (bicyclic) bond motifs is 1. The van der Waals surface area contributed by atoms with Crippen LogP contribution in [0.15, 0.2) is 18.3 Å². The fourth-order valence-corrected chi connectivity index (χ4v) is 2.38. The van der Waals surface area contributed by atoms with Gasteiger partial charge in [0.25, 0.3) is 0 Å². The van der Waals surface area contributed by atoms with Crippen LogP contribution in [-0.2, 0) is 0 Å². The molecule has 0 aromatic carbocycles. The zero-order valence-corrected chi connectivity index (χ0v) is 9.89. The number of ether oxygens (including phenoxy) is 1. The summed E-state index contributed by atoms with van der Waals surface area (Å²) in [4.78, 5) is 0. The third kappa shape index (κ3) is 1.76. The van der Waals surface area contributed by atoms with Gasteiger partial charge in [0.05, 0.1) is 13.2 Å². The minimum absolute atomic E-state index is 0.311. The lowest BCUT2D eigenvalue weighted by Crippen LogP contribution is -2.28. The van der Waals surface area contributed by atoms with E-state index in [0.29, 0.717) is 6.04 Å². The van der Waals surface area contributed by atoms with Crippen molar-refractivity contribution >= 4 is 5.65 Å². The summed E-state index contributed by atoms with van der Waals surface area (Å²) in [6.45, 7) is 1.06. The highest BCUT2D eigenvalue weighted by molar-refractivity contribution is 5.53. The number of rotatable bonds is 2. The van der Waals surface area contributed by atoms with Crippen molar-refractivity contribution in [1.29, 1.82) is 0 Å². The van der Waals surface area contributed by atoms with Gasteiger partial charge in [-0.1, -0.05) is 6.42 Å².